The summed E-state index contributed by atoms with van der Waals surface area (Å²) >= 11 is 6.04. The SMILES string of the molecule is CC(F)(CC1CCNC1)c1ccccc1Cl. The Morgan fingerprint density at radius 2 is 2.25 bits per heavy atom. The van der Waals surface area contributed by atoms with E-state index in [-0.39, 0.29) is 0 Å². The highest BCUT2D eigenvalue weighted by atomic mass is 35.5. The van der Waals surface area contributed by atoms with E-state index in [9.17, 15) is 4.39 Å². The molecule has 1 aromatic carbocycles. The first-order valence-corrected chi connectivity index (χ1v) is 6.12. The maximum Gasteiger partial charge on any atom is 0.135 e. The van der Waals surface area contributed by atoms with Crippen LogP contribution in [0.3, 0.4) is 0 Å². The fraction of sp³-hybridized carbons (Fsp3) is 0.538. The fourth-order valence-electron chi connectivity index (χ4n) is 2.42. The van der Waals surface area contributed by atoms with Crippen molar-refractivity contribution >= 4 is 11.6 Å². The molecular weight excluding hydrogens is 225 g/mol. The molecule has 1 aliphatic heterocycles. The van der Waals surface area contributed by atoms with Crippen molar-refractivity contribution in [3.05, 3.63) is 34.9 Å². The molecule has 0 aromatic heterocycles. The molecule has 1 saturated heterocycles. The molecule has 1 heterocycles. The second kappa shape index (κ2) is 4.72. The van der Waals surface area contributed by atoms with Crippen molar-refractivity contribution in [1.29, 1.82) is 0 Å². The van der Waals surface area contributed by atoms with E-state index in [0.717, 1.165) is 19.5 Å². The van der Waals surface area contributed by atoms with Crippen LogP contribution in [0.15, 0.2) is 24.3 Å². The molecule has 1 aliphatic rings. The summed E-state index contributed by atoms with van der Waals surface area (Å²) in [4.78, 5) is 0. The van der Waals surface area contributed by atoms with Gasteiger partial charge in [0.2, 0.25) is 0 Å². The van der Waals surface area contributed by atoms with Gasteiger partial charge >= 0.3 is 0 Å². The van der Waals surface area contributed by atoms with Gasteiger partial charge in [-0.2, -0.15) is 0 Å². The van der Waals surface area contributed by atoms with Crippen molar-refractivity contribution in [2.45, 2.75) is 25.4 Å². The Morgan fingerprint density at radius 3 is 2.88 bits per heavy atom. The van der Waals surface area contributed by atoms with Gasteiger partial charge in [0.1, 0.15) is 5.67 Å². The molecule has 1 nitrogen and oxygen atoms in total. The average Bonchev–Trinajstić information content (AvgIpc) is 2.70. The molecule has 0 radical (unpaired) electrons. The molecule has 0 amide bonds. The average molecular weight is 242 g/mol. The quantitative estimate of drug-likeness (QED) is 0.854. The minimum Gasteiger partial charge on any atom is -0.316 e. The molecule has 0 bridgehead atoms. The highest BCUT2D eigenvalue weighted by molar-refractivity contribution is 6.31. The minimum absolute atomic E-state index is 0.422. The zero-order valence-electron chi connectivity index (χ0n) is 9.47. The lowest BCUT2D eigenvalue weighted by molar-refractivity contribution is 0.150. The molecule has 88 valence electrons. The summed E-state index contributed by atoms with van der Waals surface area (Å²) in [6.45, 7) is 3.56. The standard InChI is InChI=1S/C13H17ClFN/c1-13(15,8-10-6-7-16-9-10)11-4-2-3-5-12(11)14/h2-5,10,16H,6-9H2,1H3. The monoisotopic (exact) mass is 241 g/mol. The Bertz CT molecular complexity index is 359. The molecule has 16 heavy (non-hydrogen) atoms. The number of benzene rings is 1. The first kappa shape index (κ1) is 11.9. The van der Waals surface area contributed by atoms with Crippen LogP contribution >= 0.6 is 11.6 Å². The smallest absolute Gasteiger partial charge is 0.135 e. The molecule has 2 rings (SSSR count). The van der Waals surface area contributed by atoms with Gasteiger partial charge in [-0.1, -0.05) is 29.8 Å². The van der Waals surface area contributed by atoms with Crippen molar-refractivity contribution in [2.24, 2.45) is 5.92 Å². The van der Waals surface area contributed by atoms with Crippen LogP contribution in [-0.4, -0.2) is 13.1 Å². The summed E-state index contributed by atoms with van der Waals surface area (Å²) in [5.74, 6) is 0.422. The first-order valence-electron chi connectivity index (χ1n) is 5.74. The highest BCUT2D eigenvalue weighted by Crippen LogP contribution is 2.37. The van der Waals surface area contributed by atoms with Crippen molar-refractivity contribution in [2.75, 3.05) is 13.1 Å². The van der Waals surface area contributed by atoms with Crippen LogP contribution in [0.4, 0.5) is 4.39 Å². The highest BCUT2D eigenvalue weighted by Gasteiger charge is 2.32. The van der Waals surface area contributed by atoms with Crippen LogP contribution < -0.4 is 5.32 Å². The molecule has 3 heteroatoms. The molecule has 0 saturated carbocycles. The fourth-order valence-corrected chi connectivity index (χ4v) is 2.76. The largest absolute Gasteiger partial charge is 0.316 e. The number of hydrogen-bond donors (Lipinski definition) is 1. The molecule has 1 aromatic rings. The number of alkyl halides is 1. The summed E-state index contributed by atoms with van der Waals surface area (Å²) in [6, 6.07) is 7.21. The lowest BCUT2D eigenvalue weighted by Gasteiger charge is -2.25. The number of rotatable bonds is 3. The summed E-state index contributed by atoms with van der Waals surface area (Å²) in [6.07, 6.45) is 1.60. The van der Waals surface area contributed by atoms with E-state index in [1.807, 2.05) is 12.1 Å². The van der Waals surface area contributed by atoms with Crippen LogP contribution in [0.25, 0.3) is 0 Å². The van der Waals surface area contributed by atoms with Gasteiger partial charge < -0.3 is 5.32 Å². The van der Waals surface area contributed by atoms with Gasteiger partial charge in [0.25, 0.3) is 0 Å². The van der Waals surface area contributed by atoms with Gasteiger partial charge in [-0.15, -0.1) is 0 Å². The lowest BCUT2D eigenvalue weighted by Crippen LogP contribution is -2.22. The Balaban J connectivity index is 2.14. The van der Waals surface area contributed by atoms with Crippen molar-refractivity contribution in [3.8, 4) is 0 Å². The van der Waals surface area contributed by atoms with Crippen LogP contribution in [0.1, 0.15) is 25.3 Å². The van der Waals surface area contributed by atoms with Gasteiger partial charge in [0.05, 0.1) is 0 Å². The molecule has 2 atom stereocenters. The third-order valence-electron chi connectivity index (χ3n) is 3.27. The number of hydrogen-bond acceptors (Lipinski definition) is 1. The zero-order valence-corrected chi connectivity index (χ0v) is 10.2. The maximum absolute atomic E-state index is 14.6. The molecule has 1 N–H and O–H groups in total. The van der Waals surface area contributed by atoms with E-state index >= 15 is 0 Å². The van der Waals surface area contributed by atoms with Crippen LogP contribution in [0, 0.1) is 5.92 Å². The van der Waals surface area contributed by atoms with Crippen LogP contribution in [-0.2, 0) is 5.67 Å². The van der Waals surface area contributed by atoms with Crippen LogP contribution in [0.5, 0.6) is 0 Å². The van der Waals surface area contributed by atoms with Crippen molar-refractivity contribution in [3.63, 3.8) is 0 Å². The second-order valence-corrected chi connectivity index (χ2v) is 5.15. The maximum atomic E-state index is 14.6. The third kappa shape index (κ3) is 2.55. The van der Waals surface area contributed by atoms with Gasteiger partial charge in [-0.3, -0.25) is 0 Å². The summed E-state index contributed by atoms with van der Waals surface area (Å²) in [5.41, 5.74) is -0.710. The Hall–Kier alpha value is -0.600. The van der Waals surface area contributed by atoms with Crippen LogP contribution in [0.2, 0.25) is 5.02 Å². The zero-order chi connectivity index (χ0) is 11.6. The summed E-state index contributed by atoms with van der Waals surface area (Å²) in [5, 5.41) is 3.79. The van der Waals surface area contributed by atoms with Gasteiger partial charge in [0, 0.05) is 10.6 Å². The predicted octanol–water partition coefficient (Wildman–Crippen LogP) is 3.52. The van der Waals surface area contributed by atoms with E-state index in [4.69, 9.17) is 11.6 Å². The van der Waals surface area contributed by atoms with Crippen molar-refractivity contribution < 1.29 is 4.39 Å². The normalized spacial score (nSPS) is 24.3. The van der Waals surface area contributed by atoms with Gasteiger partial charge in [-0.25, -0.2) is 4.39 Å². The molecule has 1 fully saturated rings. The van der Waals surface area contributed by atoms with E-state index < -0.39 is 5.67 Å². The van der Waals surface area contributed by atoms with E-state index in [2.05, 4.69) is 5.32 Å². The predicted molar refractivity (Wildman–Crippen MR) is 65.5 cm³/mol. The first-order chi connectivity index (χ1) is 7.59. The third-order valence-corrected chi connectivity index (χ3v) is 3.60. The van der Waals surface area contributed by atoms with E-state index in [0.29, 0.717) is 22.9 Å². The van der Waals surface area contributed by atoms with Gasteiger partial charge in [-0.05, 0) is 44.8 Å². The topological polar surface area (TPSA) is 12.0 Å². The minimum atomic E-state index is -1.32. The Kier molecular flexibility index (Phi) is 3.50. The Labute approximate surface area is 101 Å². The van der Waals surface area contributed by atoms with E-state index in [1.165, 1.54) is 0 Å². The van der Waals surface area contributed by atoms with Gasteiger partial charge in [0.15, 0.2) is 0 Å². The summed E-state index contributed by atoms with van der Waals surface area (Å²) in [7, 11) is 0. The molecule has 0 aliphatic carbocycles. The lowest BCUT2D eigenvalue weighted by atomic mass is 9.87. The second-order valence-electron chi connectivity index (χ2n) is 4.74. The van der Waals surface area contributed by atoms with Crippen molar-refractivity contribution in [1.82, 2.24) is 5.32 Å². The molecular formula is C13H17ClFN. The summed E-state index contributed by atoms with van der Waals surface area (Å²) < 4.78 is 14.6. The van der Waals surface area contributed by atoms with E-state index in [1.54, 1.807) is 19.1 Å². The molecule has 0 spiro atoms. The Morgan fingerprint density at radius 1 is 1.50 bits per heavy atom. The number of halogens is 2. The molecule has 2 unspecified atom stereocenters. The number of nitrogens with one attached hydrogen (secondary N) is 1.